The smallest absolute Gasteiger partial charge is 0.147 e. The molecule has 4 rings (SSSR count). The maximum atomic E-state index is 11.0. The molecule has 0 fully saturated rings. The Labute approximate surface area is 167 Å². The molecule has 29 heavy (non-hydrogen) atoms. The van der Waals surface area contributed by atoms with Gasteiger partial charge in [-0.2, -0.15) is 0 Å². The van der Waals surface area contributed by atoms with Crippen molar-refractivity contribution < 1.29 is 5.11 Å². The second kappa shape index (κ2) is 8.29. The lowest BCUT2D eigenvalue weighted by Gasteiger charge is -2.22. The van der Waals surface area contributed by atoms with Crippen LogP contribution in [0.4, 0.5) is 5.82 Å². The summed E-state index contributed by atoms with van der Waals surface area (Å²) in [4.78, 5) is 11.6. The summed E-state index contributed by atoms with van der Waals surface area (Å²) in [6.07, 6.45) is 1.66. The monoisotopic (exact) mass is 382 g/mol. The Bertz CT molecular complexity index is 1190. The van der Waals surface area contributed by atoms with E-state index < -0.39 is 0 Å². The van der Waals surface area contributed by atoms with E-state index >= 15 is 0 Å². The number of benzene rings is 2. The van der Waals surface area contributed by atoms with E-state index in [4.69, 9.17) is 5.53 Å². The van der Waals surface area contributed by atoms with Crippen LogP contribution >= 0.6 is 0 Å². The van der Waals surface area contributed by atoms with E-state index in [1.165, 1.54) is 0 Å². The van der Waals surface area contributed by atoms with E-state index in [9.17, 15) is 5.11 Å². The van der Waals surface area contributed by atoms with E-state index in [1.807, 2.05) is 66.7 Å². The van der Waals surface area contributed by atoms with Crippen molar-refractivity contribution in [2.75, 3.05) is 5.32 Å². The first kappa shape index (κ1) is 18.3. The molecule has 2 aromatic heterocycles. The van der Waals surface area contributed by atoms with Crippen LogP contribution in [0.5, 0.6) is 5.75 Å². The summed E-state index contributed by atoms with van der Waals surface area (Å²) in [5.74, 6) is 0.750. The maximum Gasteiger partial charge on any atom is 0.147 e. The van der Waals surface area contributed by atoms with Crippen molar-refractivity contribution in [3.05, 3.63) is 106 Å². The normalized spacial score (nSPS) is 11.6. The molecule has 1 atom stereocenters. The van der Waals surface area contributed by atoms with Crippen molar-refractivity contribution in [3.8, 4) is 5.75 Å². The Morgan fingerprint density at radius 1 is 1.00 bits per heavy atom. The summed E-state index contributed by atoms with van der Waals surface area (Å²) in [5, 5.41) is 18.8. The molecule has 142 valence electrons. The van der Waals surface area contributed by atoms with Crippen molar-refractivity contribution in [2.45, 2.75) is 12.6 Å². The highest BCUT2D eigenvalue weighted by Crippen LogP contribution is 2.36. The van der Waals surface area contributed by atoms with E-state index in [2.05, 4.69) is 25.3 Å². The Hall–Kier alpha value is -4.09. The van der Waals surface area contributed by atoms with Gasteiger partial charge in [-0.25, -0.2) is 4.98 Å². The minimum Gasteiger partial charge on any atom is -0.505 e. The molecule has 0 spiro atoms. The number of pyridine rings is 2. The van der Waals surface area contributed by atoms with Gasteiger partial charge in [0.1, 0.15) is 17.1 Å². The van der Waals surface area contributed by atoms with Gasteiger partial charge in [-0.15, -0.1) is 0 Å². The molecule has 2 heterocycles. The third-order valence-corrected chi connectivity index (χ3v) is 4.62. The van der Waals surface area contributed by atoms with Gasteiger partial charge in [-0.05, 0) is 29.3 Å². The van der Waals surface area contributed by atoms with Gasteiger partial charge in [0.25, 0.3) is 0 Å². The Morgan fingerprint density at radius 3 is 2.69 bits per heavy atom. The van der Waals surface area contributed by atoms with Crippen molar-refractivity contribution in [2.24, 2.45) is 5.11 Å². The van der Waals surface area contributed by atoms with Gasteiger partial charge >= 0.3 is 0 Å². The van der Waals surface area contributed by atoms with Gasteiger partial charge in [-0.3, -0.25) is 4.98 Å². The molecule has 0 aliphatic carbocycles. The van der Waals surface area contributed by atoms with Gasteiger partial charge < -0.3 is 10.4 Å². The topological polar surface area (TPSA) is 107 Å². The summed E-state index contributed by atoms with van der Waals surface area (Å²) >= 11 is 0. The summed E-state index contributed by atoms with van der Waals surface area (Å²) in [6.45, 7) is 0.174. The number of anilines is 1. The molecular weight excluding hydrogens is 364 g/mol. The van der Waals surface area contributed by atoms with Crippen LogP contribution in [0.1, 0.15) is 22.9 Å². The van der Waals surface area contributed by atoms with Gasteiger partial charge in [0.2, 0.25) is 0 Å². The molecular formula is C22H18N6O. The summed E-state index contributed by atoms with van der Waals surface area (Å²) in [7, 11) is 0. The Balaban J connectivity index is 1.78. The number of nitrogens with one attached hydrogen (secondary N) is 1. The lowest BCUT2D eigenvalue weighted by molar-refractivity contribution is 0.471. The first-order valence-corrected chi connectivity index (χ1v) is 9.11. The zero-order valence-corrected chi connectivity index (χ0v) is 15.5. The highest BCUT2D eigenvalue weighted by molar-refractivity contribution is 5.86. The van der Waals surface area contributed by atoms with Crippen LogP contribution in [0.2, 0.25) is 0 Å². The molecule has 0 saturated heterocycles. The number of phenols is 1. The fourth-order valence-electron chi connectivity index (χ4n) is 3.26. The van der Waals surface area contributed by atoms with Crippen LogP contribution in [-0.4, -0.2) is 15.1 Å². The number of aromatic hydroxyl groups is 1. The lowest BCUT2D eigenvalue weighted by Crippen LogP contribution is -2.14. The highest BCUT2D eigenvalue weighted by atomic mass is 16.3. The minimum absolute atomic E-state index is 0.134. The zero-order valence-electron chi connectivity index (χ0n) is 15.5. The maximum absolute atomic E-state index is 11.0. The predicted octanol–water partition coefficient (Wildman–Crippen LogP) is 5.35. The van der Waals surface area contributed by atoms with Crippen LogP contribution in [0.25, 0.3) is 21.3 Å². The minimum atomic E-state index is -0.343. The molecule has 2 aromatic carbocycles. The van der Waals surface area contributed by atoms with E-state index in [0.29, 0.717) is 22.6 Å². The fraction of sp³-hybridized carbons (Fsp3) is 0.0909. The predicted molar refractivity (Wildman–Crippen MR) is 112 cm³/mol. The Kier molecular flexibility index (Phi) is 5.23. The first-order chi connectivity index (χ1) is 14.3. The van der Waals surface area contributed by atoms with Crippen molar-refractivity contribution in [1.82, 2.24) is 9.97 Å². The average molecular weight is 382 g/mol. The molecule has 0 bridgehead atoms. The standard InChI is InChI=1S/C22H18N6O/c23-28-25-14-17-9-4-10-19(26-17)27-20(15-6-2-1-3-7-15)18-12-11-16-8-5-13-24-21(16)22(18)29/h1-13,20,29H,14H2,(H,26,27). The third kappa shape index (κ3) is 3.95. The molecule has 1 unspecified atom stereocenters. The quantitative estimate of drug-likeness (QED) is 0.266. The van der Waals surface area contributed by atoms with Gasteiger partial charge in [0.05, 0.1) is 12.6 Å². The van der Waals surface area contributed by atoms with Crippen LogP contribution in [0.3, 0.4) is 0 Å². The number of nitrogens with zero attached hydrogens (tertiary/aromatic N) is 5. The number of phenolic OH excluding ortho intramolecular Hbond substituents is 1. The molecule has 7 heteroatoms. The highest BCUT2D eigenvalue weighted by Gasteiger charge is 2.20. The summed E-state index contributed by atoms with van der Waals surface area (Å²) < 4.78 is 0. The first-order valence-electron chi connectivity index (χ1n) is 9.11. The van der Waals surface area contributed by atoms with E-state index in [0.717, 1.165) is 10.9 Å². The van der Waals surface area contributed by atoms with Crippen molar-refractivity contribution >= 4 is 16.7 Å². The number of hydrogen-bond acceptors (Lipinski definition) is 5. The summed E-state index contributed by atoms with van der Waals surface area (Å²) in [6, 6.07) is 22.6. The van der Waals surface area contributed by atoms with E-state index in [-0.39, 0.29) is 18.3 Å². The average Bonchev–Trinajstić information content (AvgIpc) is 2.78. The number of rotatable bonds is 6. The fourth-order valence-corrected chi connectivity index (χ4v) is 3.26. The van der Waals surface area contributed by atoms with Crippen LogP contribution in [0.15, 0.2) is 84.1 Å². The number of fused-ring (bicyclic) bond motifs is 1. The van der Waals surface area contributed by atoms with E-state index in [1.54, 1.807) is 12.3 Å². The van der Waals surface area contributed by atoms with Gasteiger partial charge in [0.15, 0.2) is 0 Å². The van der Waals surface area contributed by atoms with Crippen molar-refractivity contribution in [3.63, 3.8) is 0 Å². The van der Waals surface area contributed by atoms with Crippen molar-refractivity contribution in [1.29, 1.82) is 0 Å². The van der Waals surface area contributed by atoms with Crippen LogP contribution in [-0.2, 0) is 6.54 Å². The molecule has 4 aromatic rings. The number of aromatic nitrogens is 2. The van der Waals surface area contributed by atoms with Crippen LogP contribution in [0, 0.1) is 0 Å². The van der Waals surface area contributed by atoms with Gasteiger partial charge in [-0.1, -0.05) is 59.7 Å². The lowest BCUT2D eigenvalue weighted by atomic mass is 9.96. The number of azide groups is 1. The second-order valence-electron chi connectivity index (χ2n) is 6.47. The molecule has 0 radical (unpaired) electrons. The Morgan fingerprint density at radius 2 is 1.86 bits per heavy atom. The molecule has 2 N–H and O–H groups in total. The molecule has 7 nitrogen and oxygen atoms in total. The molecule has 0 aliphatic rings. The largest absolute Gasteiger partial charge is 0.505 e. The van der Waals surface area contributed by atoms with Gasteiger partial charge in [0, 0.05) is 27.8 Å². The second-order valence-corrected chi connectivity index (χ2v) is 6.47. The van der Waals surface area contributed by atoms with Crippen LogP contribution < -0.4 is 5.32 Å². The number of hydrogen-bond donors (Lipinski definition) is 2. The molecule has 0 amide bonds. The zero-order chi connectivity index (χ0) is 20.1. The molecule has 0 saturated carbocycles. The SMILES string of the molecule is [N-]=[N+]=NCc1cccc(NC(c2ccccc2)c2ccc3cccnc3c2O)n1. The molecule has 0 aliphatic heterocycles. The third-order valence-electron chi connectivity index (χ3n) is 4.62. The summed E-state index contributed by atoms with van der Waals surface area (Å²) in [5.41, 5.74) is 11.4.